The summed E-state index contributed by atoms with van der Waals surface area (Å²) < 4.78 is 5.44. The number of anilines is 1. The first-order valence-electron chi connectivity index (χ1n) is 7.89. The molecule has 0 aromatic heterocycles. The number of nitrogens with zero attached hydrogens (tertiary/aromatic N) is 1. The Kier molecular flexibility index (Phi) is 5.12. The van der Waals surface area contributed by atoms with Gasteiger partial charge in [0.1, 0.15) is 5.75 Å². The van der Waals surface area contributed by atoms with Gasteiger partial charge in [0.05, 0.1) is 24.4 Å². The third kappa shape index (κ3) is 3.69. The fourth-order valence-electron chi connectivity index (χ4n) is 3.45. The van der Waals surface area contributed by atoms with Gasteiger partial charge in [-0.1, -0.05) is 27.2 Å². The van der Waals surface area contributed by atoms with Gasteiger partial charge in [0.25, 0.3) is 0 Å². The summed E-state index contributed by atoms with van der Waals surface area (Å²) in [6.45, 7) is 6.96. The van der Waals surface area contributed by atoms with Crippen molar-refractivity contribution in [3.05, 3.63) is 23.8 Å². The molecule has 0 spiro atoms. The molecule has 0 saturated heterocycles. The van der Waals surface area contributed by atoms with Crippen molar-refractivity contribution in [2.75, 3.05) is 12.4 Å². The minimum Gasteiger partial charge on any atom is -0.495 e. The van der Waals surface area contributed by atoms with Crippen LogP contribution in [0, 0.1) is 29.1 Å². The van der Waals surface area contributed by atoms with Crippen LogP contribution in [0.2, 0.25) is 0 Å². The summed E-state index contributed by atoms with van der Waals surface area (Å²) in [6, 6.07) is 8.26. The van der Waals surface area contributed by atoms with Gasteiger partial charge in [-0.15, -0.1) is 0 Å². The molecule has 3 atom stereocenters. The van der Waals surface area contributed by atoms with E-state index in [-0.39, 0.29) is 0 Å². The van der Waals surface area contributed by atoms with E-state index in [1.807, 2.05) is 12.1 Å². The molecule has 0 bridgehead atoms. The molecular formula is C18H26N2O. The highest BCUT2D eigenvalue weighted by atomic mass is 16.5. The van der Waals surface area contributed by atoms with Crippen molar-refractivity contribution in [2.45, 2.75) is 46.1 Å². The highest BCUT2D eigenvalue weighted by Crippen LogP contribution is 2.37. The third-order valence-corrected chi connectivity index (χ3v) is 4.69. The third-order valence-electron chi connectivity index (χ3n) is 4.69. The average Bonchev–Trinajstić information content (AvgIpc) is 2.47. The Morgan fingerprint density at radius 2 is 2.10 bits per heavy atom. The molecule has 1 saturated carbocycles. The second-order valence-corrected chi connectivity index (χ2v) is 6.60. The van der Waals surface area contributed by atoms with Crippen LogP contribution in [0.4, 0.5) is 5.69 Å². The monoisotopic (exact) mass is 286 g/mol. The number of hydrogen-bond acceptors (Lipinski definition) is 3. The summed E-state index contributed by atoms with van der Waals surface area (Å²) in [7, 11) is 1.66. The summed E-state index contributed by atoms with van der Waals surface area (Å²) in [5, 5.41) is 12.7. The van der Waals surface area contributed by atoms with Crippen LogP contribution in [0.1, 0.15) is 45.6 Å². The van der Waals surface area contributed by atoms with Crippen molar-refractivity contribution < 1.29 is 4.74 Å². The predicted octanol–water partition coefficient (Wildman–Crippen LogP) is 4.44. The number of nitriles is 1. The van der Waals surface area contributed by atoms with Crippen molar-refractivity contribution in [3.8, 4) is 11.8 Å². The van der Waals surface area contributed by atoms with E-state index < -0.39 is 0 Å². The molecular weight excluding hydrogens is 260 g/mol. The Labute approximate surface area is 128 Å². The summed E-state index contributed by atoms with van der Waals surface area (Å²) in [5.41, 5.74) is 1.64. The van der Waals surface area contributed by atoms with Gasteiger partial charge in [-0.25, -0.2) is 0 Å². The first-order chi connectivity index (χ1) is 10.0. The first-order valence-corrected chi connectivity index (χ1v) is 7.89. The maximum Gasteiger partial charge on any atom is 0.143 e. The van der Waals surface area contributed by atoms with E-state index in [0.29, 0.717) is 23.4 Å². The Morgan fingerprint density at radius 3 is 2.71 bits per heavy atom. The Hall–Kier alpha value is -1.69. The van der Waals surface area contributed by atoms with Crippen molar-refractivity contribution in [1.82, 2.24) is 0 Å². The molecule has 0 aliphatic heterocycles. The van der Waals surface area contributed by atoms with E-state index in [0.717, 1.165) is 17.4 Å². The summed E-state index contributed by atoms with van der Waals surface area (Å²) in [4.78, 5) is 0. The maximum absolute atomic E-state index is 8.99. The molecule has 1 fully saturated rings. The number of methoxy groups -OCH3 is 1. The van der Waals surface area contributed by atoms with Gasteiger partial charge in [0, 0.05) is 12.1 Å². The van der Waals surface area contributed by atoms with E-state index in [2.05, 4.69) is 32.2 Å². The second-order valence-electron chi connectivity index (χ2n) is 6.60. The summed E-state index contributed by atoms with van der Waals surface area (Å²) in [6.07, 6.45) is 3.81. The minimum atomic E-state index is 0.482. The SMILES string of the molecule is COc1cc(C#N)ccc1NC1CC(C)CCC1C(C)C. The lowest BCUT2D eigenvalue weighted by Gasteiger charge is -2.38. The quantitative estimate of drug-likeness (QED) is 0.890. The molecule has 1 aliphatic rings. The van der Waals surface area contributed by atoms with Crippen molar-refractivity contribution in [3.63, 3.8) is 0 Å². The van der Waals surface area contributed by atoms with E-state index >= 15 is 0 Å². The topological polar surface area (TPSA) is 45.0 Å². The van der Waals surface area contributed by atoms with Crippen molar-refractivity contribution >= 4 is 5.69 Å². The van der Waals surface area contributed by atoms with E-state index in [1.165, 1.54) is 19.3 Å². The molecule has 0 radical (unpaired) electrons. The lowest BCUT2D eigenvalue weighted by Crippen LogP contribution is -2.37. The number of hydrogen-bond donors (Lipinski definition) is 1. The highest BCUT2D eigenvalue weighted by Gasteiger charge is 2.31. The van der Waals surface area contributed by atoms with Gasteiger partial charge in [-0.3, -0.25) is 0 Å². The van der Waals surface area contributed by atoms with Crippen LogP contribution >= 0.6 is 0 Å². The van der Waals surface area contributed by atoms with Crippen LogP contribution in [-0.2, 0) is 0 Å². The van der Waals surface area contributed by atoms with Gasteiger partial charge in [0.15, 0.2) is 0 Å². The van der Waals surface area contributed by atoms with Gasteiger partial charge in [0.2, 0.25) is 0 Å². The lowest BCUT2D eigenvalue weighted by molar-refractivity contribution is 0.211. The predicted molar refractivity (Wildman–Crippen MR) is 86.5 cm³/mol. The van der Waals surface area contributed by atoms with E-state index in [4.69, 9.17) is 10.00 Å². The number of benzene rings is 1. The zero-order valence-electron chi connectivity index (χ0n) is 13.5. The minimum absolute atomic E-state index is 0.482. The van der Waals surface area contributed by atoms with E-state index in [9.17, 15) is 0 Å². The smallest absolute Gasteiger partial charge is 0.143 e. The van der Waals surface area contributed by atoms with Crippen LogP contribution < -0.4 is 10.1 Å². The van der Waals surface area contributed by atoms with Crippen LogP contribution in [0.25, 0.3) is 0 Å². The first kappa shape index (κ1) is 15.7. The van der Waals surface area contributed by atoms with E-state index in [1.54, 1.807) is 13.2 Å². The Bertz CT molecular complexity index is 518. The lowest BCUT2D eigenvalue weighted by atomic mass is 9.74. The van der Waals surface area contributed by atoms with Gasteiger partial charge in [-0.05, 0) is 42.7 Å². The average molecular weight is 286 g/mol. The molecule has 114 valence electrons. The summed E-state index contributed by atoms with van der Waals surface area (Å²) >= 11 is 0. The van der Waals surface area contributed by atoms with Crippen LogP contribution in [0.3, 0.4) is 0 Å². The standard InChI is InChI=1S/C18H26N2O/c1-12(2)15-7-5-13(3)9-17(15)20-16-8-6-14(11-19)10-18(16)21-4/h6,8,10,12-13,15,17,20H,5,7,9H2,1-4H3. The molecule has 1 aromatic carbocycles. The Balaban J connectivity index is 2.20. The number of rotatable bonds is 4. The molecule has 1 N–H and O–H groups in total. The number of nitrogens with one attached hydrogen (secondary N) is 1. The second kappa shape index (κ2) is 6.85. The fourth-order valence-corrected chi connectivity index (χ4v) is 3.45. The Morgan fingerprint density at radius 1 is 1.33 bits per heavy atom. The molecule has 0 amide bonds. The summed E-state index contributed by atoms with van der Waals surface area (Å²) in [5.74, 6) is 2.90. The molecule has 1 aromatic rings. The van der Waals surface area contributed by atoms with Crippen LogP contribution in [0.15, 0.2) is 18.2 Å². The molecule has 21 heavy (non-hydrogen) atoms. The molecule has 3 nitrogen and oxygen atoms in total. The van der Waals surface area contributed by atoms with Gasteiger partial charge >= 0.3 is 0 Å². The molecule has 2 rings (SSSR count). The van der Waals surface area contributed by atoms with Crippen molar-refractivity contribution in [2.24, 2.45) is 17.8 Å². The largest absolute Gasteiger partial charge is 0.495 e. The maximum atomic E-state index is 8.99. The van der Waals surface area contributed by atoms with Crippen molar-refractivity contribution in [1.29, 1.82) is 5.26 Å². The zero-order chi connectivity index (χ0) is 15.4. The fraction of sp³-hybridized carbons (Fsp3) is 0.611. The van der Waals surface area contributed by atoms with Crippen LogP contribution in [-0.4, -0.2) is 13.2 Å². The van der Waals surface area contributed by atoms with Gasteiger partial charge in [-0.2, -0.15) is 5.26 Å². The van der Waals surface area contributed by atoms with Gasteiger partial charge < -0.3 is 10.1 Å². The number of ether oxygens (including phenoxy) is 1. The zero-order valence-corrected chi connectivity index (χ0v) is 13.5. The molecule has 0 heterocycles. The highest BCUT2D eigenvalue weighted by molar-refractivity contribution is 5.60. The molecule has 3 unspecified atom stereocenters. The van der Waals surface area contributed by atoms with Crippen LogP contribution in [0.5, 0.6) is 5.75 Å². The molecule has 1 aliphatic carbocycles. The normalized spacial score (nSPS) is 25.4. The molecule has 3 heteroatoms.